The van der Waals surface area contributed by atoms with E-state index in [0.29, 0.717) is 28.6 Å². The molecule has 2 atom stereocenters. The van der Waals surface area contributed by atoms with Gasteiger partial charge in [0.2, 0.25) is 5.91 Å². The molecular weight excluding hydrogens is 601 g/mol. The Balaban J connectivity index is 1.96. The number of carbonyl (C=O) groups is 3. The van der Waals surface area contributed by atoms with Crippen molar-refractivity contribution in [2.45, 2.75) is 44.6 Å². The van der Waals surface area contributed by atoms with E-state index in [1.165, 1.54) is 23.1 Å². The minimum absolute atomic E-state index is 0.0214. The van der Waals surface area contributed by atoms with Crippen LogP contribution in [-0.2, 0) is 15.8 Å². The number of carbonyl (C=O) groups excluding carboxylic acids is 3. The molecule has 1 aliphatic heterocycles. The number of nitrogens with zero attached hydrogens (tertiary/aromatic N) is 1. The average molecular weight is 628 g/mol. The molecule has 0 saturated carbocycles. The topological polar surface area (TPSA) is 87.7 Å². The van der Waals surface area contributed by atoms with Crippen molar-refractivity contribution in [1.29, 1.82) is 0 Å². The summed E-state index contributed by atoms with van der Waals surface area (Å²) in [6, 6.07) is 3.06. The number of anilines is 1. The van der Waals surface area contributed by atoms with Crippen molar-refractivity contribution in [2.75, 3.05) is 11.5 Å². The Morgan fingerprint density at radius 3 is 2.50 bits per heavy atom. The highest BCUT2D eigenvalue weighted by Gasteiger charge is 2.38. The Morgan fingerprint density at radius 1 is 1.21 bits per heavy atom. The van der Waals surface area contributed by atoms with Gasteiger partial charge in [-0.05, 0) is 49.8 Å². The smallest absolute Gasteiger partial charge is 0.417 e. The molecule has 2 aromatic rings. The van der Waals surface area contributed by atoms with Gasteiger partial charge in [0.25, 0.3) is 11.8 Å². The number of benzene rings is 2. The van der Waals surface area contributed by atoms with Crippen LogP contribution in [0.4, 0.5) is 23.2 Å². The van der Waals surface area contributed by atoms with Crippen LogP contribution in [0.25, 0.3) is 0 Å². The van der Waals surface area contributed by atoms with Gasteiger partial charge in [0.05, 0.1) is 16.8 Å². The summed E-state index contributed by atoms with van der Waals surface area (Å²) in [6.45, 7) is 10.4. The second-order valence-corrected chi connectivity index (χ2v) is 10.4. The van der Waals surface area contributed by atoms with Gasteiger partial charge >= 0.3 is 6.18 Å². The summed E-state index contributed by atoms with van der Waals surface area (Å²) in [5.74, 6) is -3.68. The molecule has 0 fully saturated rings. The van der Waals surface area contributed by atoms with Crippen molar-refractivity contribution in [2.24, 2.45) is 0 Å². The lowest BCUT2D eigenvalue weighted by atomic mass is 10.0. The standard InChI is InChI=1S/C29H27Cl2F4N3O4/c1-5-6-17(16(4)30)11-22(36-26(39)20-9-8-19(32)13-21(20)29(33,34)35)27(40)37-23-14-42-25-12-18(31)7-10-24(25)38(15(2)3)28(23)41/h5-10,12-13,15,22-23H,1,4,11,14H2,2-3H3,(H,36,39)(H,37,40)/b17-6-/t22?,23-/m1/s1. The molecule has 0 radical (unpaired) electrons. The van der Waals surface area contributed by atoms with E-state index in [1.54, 1.807) is 26.0 Å². The van der Waals surface area contributed by atoms with Crippen LogP contribution in [0.2, 0.25) is 5.02 Å². The maximum atomic E-state index is 13.6. The molecule has 0 aliphatic carbocycles. The van der Waals surface area contributed by atoms with Crippen molar-refractivity contribution in [3.05, 3.63) is 94.3 Å². The monoisotopic (exact) mass is 627 g/mol. The second kappa shape index (κ2) is 13.4. The summed E-state index contributed by atoms with van der Waals surface area (Å²) in [5, 5.41) is 5.12. The molecule has 13 heteroatoms. The highest BCUT2D eigenvalue weighted by molar-refractivity contribution is 6.31. The normalized spacial score (nSPS) is 16.2. The zero-order chi connectivity index (χ0) is 31.4. The van der Waals surface area contributed by atoms with E-state index >= 15 is 0 Å². The fraction of sp³-hybridized carbons (Fsp3) is 0.276. The van der Waals surface area contributed by atoms with E-state index in [4.69, 9.17) is 27.9 Å². The van der Waals surface area contributed by atoms with E-state index < -0.39 is 52.9 Å². The zero-order valence-electron chi connectivity index (χ0n) is 22.5. The summed E-state index contributed by atoms with van der Waals surface area (Å²) in [4.78, 5) is 41.6. The van der Waals surface area contributed by atoms with Crippen LogP contribution >= 0.6 is 23.2 Å². The van der Waals surface area contributed by atoms with Crippen molar-refractivity contribution in [3.63, 3.8) is 0 Å². The van der Waals surface area contributed by atoms with Gasteiger partial charge in [-0.2, -0.15) is 13.2 Å². The van der Waals surface area contributed by atoms with Gasteiger partial charge in [0.15, 0.2) is 0 Å². The van der Waals surface area contributed by atoms with Gasteiger partial charge in [0.1, 0.15) is 30.3 Å². The molecule has 2 aromatic carbocycles. The van der Waals surface area contributed by atoms with Crippen LogP contribution in [0.5, 0.6) is 5.75 Å². The van der Waals surface area contributed by atoms with Crippen molar-refractivity contribution >= 4 is 46.6 Å². The molecule has 0 bridgehead atoms. The third-order valence-corrected chi connectivity index (χ3v) is 6.68. The van der Waals surface area contributed by atoms with E-state index in [1.807, 2.05) is 0 Å². The molecule has 3 rings (SSSR count). The maximum Gasteiger partial charge on any atom is 0.417 e. The Morgan fingerprint density at radius 2 is 1.90 bits per heavy atom. The minimum Gasteiger partial charge on any atom is -0.489 e. The Bertz CT molecular complexity index is 1440. The number of amides is 3. The molecule has 42 heavy (non-hydrogen) atoms. The van der Waals surface area contributed by atoms with Gasteiger partial charge < -0.3 is 20.3 Å². The molecule has 1 aliphatic rings. The van der Waals surface area contributed by atoms with Crippen LogP contribution in [0.15, 0.2) is 72.3 Å². The van der Waals surface area contributed by atoms with Crippen LogP contribution in [0.3, 0.4) is 0 Å². The maximum absolute atomic E-state index is 13.6. The number of rotatable bonds is 9. The molecule has 2 N–H and O–H groups in total. The number of hydrogen-bond acceptors (Lipinski definition) is 4. The summed E-state index contributed by atoms with van der Waals surface area (Å²) in [7, 11) is 0. The Kier molecular flexibility index (Phi) is 10.5. The van der Waals surface area contributed by atoms with Gasteiger partial charge in [-0.3, -0.25) is 14.4 Å². The van der Waals surface area contributed by atoms with Gasteiger partial charge in [-0.15, -0.1) is 0 Å². The van der Waals surface area contributed by atoms with Crippen LogP contribution in [-0.4, -0.2) is 42.5 Å². The first-order valence-electron chi connectivity index (χ1n) is 12.5. The molecular formula is C29H27Cl2F4N3O4. The van der Waals surface area contributed by atoms with Crippen molar-refractivity contribution in [3.8, 4) is 5.75 Å². The van der Waals surface area contributed by atoms with Gasteiger partial charge in [-0.1, -0.05) is 48.5 Å². The fourth-order valence-corrected chi connectivity index (χ4v) is 4.57. The Labute approximate surface area is 249 Å². The molecule has 0 saturated heterocycles. The highest BCUT2D eigenvalue weighted by Crippen LogP contribution is 2.35. The number of allylic oxidation sites excluding steroid dienone is 3. The lowest BCUT2D eigenvalue weighted by molar-refractivity contribution is -0.138. The van der Waals surface area contributed by atoms with E-state index in [0.717, 1.165) is 0 Å². The third-order valence-electron chi connectivity index (χ3n) is 6.20. The first-order chi connectivity index (χ1) is 19.6. The quantitative estimate of drug-likeness (QED) is 0.257. The number of alkyl halides is 3. The van der Waals surface area contributed by atoms with E-state index in [9.17, 15) is 31.9 Å². The SMILES string of the molecule is C=C/C=C(/CC(NC(=O)c1ccc(F)cc1C(F)(F)F)C(=O)N[C@@H]1COc2cc(Cl)ccc2N(C(C)C)C1=O)C(=C)Cl. The summed E-state index contributed by atoms with van der Waals surface area (Å²) >= 11 is 12.1. The highest BCUT2D eigenvalue weighted by atomic mass is 35.5. The lowest BCUT2D eigenvalue weighted by Gasteiger charge is -2.29. The average Bonchev–Trinajstić information content (AvgIpc) is 3.03. The van der Waals surface area contributed by atoms with Crippen molar-refractivity contribution < 1.29 is 36.7 Å². The van der Waals surface area contributed by atoms with E-state index in [2.05, 4.69) is 23.8 Å². The number of hydrogen-bond donors (Lipinski definition) is 2. The first-order valence-corrected chi connectivity index (χ1v) is 13.3. The number of halogens is 6. The second-order valence-electron chi connectivity index (χ2n) is 9.54. The van der Waals surface area contributed by atoms with Crippen molar-refractivity contribution in [1.82, 2.24) is 10.6 Å². The summed E-state index contributed by atoms with van der Waals surface area (Å²) in [6.07, 6.45) is -2.65. The predicted molar refractivity (Wildman–Crippen MR) is 152 cm³/mol. The fourth-order valence-electron chi connectivity index (χ4n) is 4.27. The number of ether oxygens (including phenoxy) is 1. The lowest BCUT2D eigenvalue weighted by Crippen LogP contribution is -2.56. The summed E-state index contributed by atoms with van der Waals surface area (Å²) < 4.78 is 60.2. The molecule has 1 unspecified atom stereocenters. The number of nitrogens with one attached hydrogen (secondary N) is 2. The summed E-state index contributed by atoms with van der Waals surface area (Å²) in [5.41, 5.74) is -1.78. The first kappa shape index (κ1) is 32.7. The molecule has 0 aromatic heterocycles. The molecule has 1 heterocycles. The third kappa shape index (κ3) is 7.71. The zero-order valence-corrected chi connectivity index (χ0v) is 24.0. The molecule has 0 spiro atoms. The van der Waals surface area contributed by atoms with E-state index in [-0.39, 0.29) is 35.7 Å². The largest absolute Gasteiger partial charge is 0.489 e. The van der Waals surface area contributed by atoms with Gasteiger partial charge in [0, 0.05) is 28.6 Å². The molecule has 224 valence electrons. The predicted octanol–water partition coefficient (Wildman–Crippen LogP) is 6.17. The molecule has 7 nitrogen and oxygen atoms in total. The van der Waals surface area contributed by atoms with Crippen LogP contribution in [0, 0.1) is 5.82 Å². The Hall–Kier alpha value is -3.83. The van der Waals surface area contributed by atoms with Crippen LogP contribution < -0.4 is 20.3 Å². The minimum atomic E-state index is -5.06. The number of fused-ring (bicyclic) bond motifs is 1. The molecule has 3 amide bonds. The van der Waals surface area contributed by atoms with Gasteiger partial charge in [-0.25, -0.2) is 4.39 Å². The van der Waals surface area contributed by atoms with Crippen LogP contribution in [0.1, 0.15) is 36.2 Å².